The highest BCUT2D eigenvalue weighted by molar-refractivity contribution is 7.09. The molecule has 1 N–H and O–H groups in total. The maximum atomic E-state index is 4.35. The van der Waals surface area contributed by atoms with Crippen molar-refractivity contribution < 1.29 is 0 Å². The Morgan fingerprint density at radius 2 is 2.17 bits per heavy atom. The molecule has 5 heteroatoms. The molecule has 0 bridgehead atoms. The Morgan fingerprint density at radius 1 is 1.28 bits per heavy atom. The fraction of sp³-hybridized carbons (Fsp3) is 0.462. The van der Waals surface area contributed by atoms with Crippen molar-refractivity contribution in [2.45, 2.75) is 39.2 Å². The van der Waals surface area contributed by atoms with Gasteiger partial charge in [0.15, 0.2) is 0 Å². The zero-order chi connectivity index (χ0) is 12.8. The highest BCUT2D eigenvalue weighted by atomic mass is 32.1. The van der Waals surface area contributed by atoms with Gasteiger partial charge in [0, 0.05) is 23.3 Å². The molecule has 1 atom stereocenters. The molecule has 1 unspecified atom stereocenters. The third-order valence-corrected chi connectivity index (χ3v) is 3.60. The van der Waals surface area contributed by atoms with E-state index in [0.29, 0.717) is 0 Å². The summed E-state index contributed by atoms with van der Waals surface area (Å²) < 4.78 is 0. The molecule has 2 aromatic heterocycles. The molecule has 2 rings (SSSR count). The molecule has 0 aliphatic heterocycles. The average molecular weight is 262 g/mol. The molecular weight excluding hydrogens is 244 g/mol. The first-order chi connectivity index (χ1) is 8.83. The lowest BCUT2D eigenvalue weighted by molar-refractivity contribution is 0.735. The predicted molar refractivity (Wildman–Crippen MR) is 74.8 cm³/mol. The lowest BCUT2D eigenvalue weighted by atomic mass is 10.2. The number of nitrogens with zero attached hydrogens (tertiary/aromatic N) is 3. The topological polar surface area (TPSA) is 50.7 Å². The fourth-order valence-electron chi connectivity index (χ4n) is 1.79. The molecule has 2 heterocycles. The van der Waals surface area contributed by atoms with E-state index in [2.05, 4.69) is 34.1 Å². The fourth-order valence-corrected chi connectivity index (χ4v) is 2.57. The van der Waals surface area contributed by atoms with E-state index in [9.17, 15) is 0 Å². The van der Waals surface area contributed by atoms with Gasteiger partial charge in [-0.1, -0.05) is 20.3 Å². The SMILES string of the molecule is CCCc1cc(NC(CC)c2nccs2)ncn1. The minimum Gasteiger partial charge on any atom is -0.361 e. The van der Waals surface area contributed by atoms with Crippen molar-refractivity contribution in [3.05, 3.63) is 34.7 Å². The van der Waals surface area contributed by atoms with Crippen LogP contribution in [-0.2, 0) is 6.42 Å². The van der Waals surface area contributed by atoms with Gasteiger partial charge in [0.05, 0.1) is 6.04 Å². The Bertz CT molecular complexity index is 470. The van der Waals surface area contributed by atoms with Gasteiger partial charge in [-0.05, 0) is 12.8 Å². The van der Waals surface area contributed by atoms with E-state index < -0.39 is 0 Å². The van der Waals surface area contributed by atoms with Gasteiger partial charge in [-0.15, -0.1) is 11.3 Å². The van der Waals surface area contributed by atoms with Crippen LogP contribution in [0, 0.1) is 0 Å². The second-order valence-electron chi connectivity index (χ2n) is 4.12. The molecule has 96 valence electrons. The van der Waals surface area contributed by atoms with Crippen LogP contribution in [0.3, 0.4) is 0 Å². The Morgan fingerprint density at radius 3 is 2.83 bits per heavy atom. The second kappa shape index (κ2) is 6.44. The first kappa shape index (κ1) is 13.0. The number of rotatable bonds is 6. The number of hydrogen-bond acceptors (Lipinski definition) is 5. The Balaban J connectivity index is 2.09. The van der Waals surface area contributed by atoms with Crippen molar-refractivity contribution in [1.82, 2.24) is 15.0 Å². The molecule has 2 aromatic rings. The molecule has 18 heavy (non-hydrogen) atoms. The number of anilines is 1. The molecule has 4 nitrogen and oxygen atoms in total. The average Bonchev–Trinajstić information content (AvgIpc) is 2.90. The standard InChI is InChI=1S/C13H18N4S/c1-3-5-10-8-12(16-9-15-10)17-11(4-2)13-14-6-7-18-13/h6-9,11H,3-5H2,1-2H3,(H,15,16,17). The van der Waals surface area contributed by atoms with Crippen molar-refractivity contribution in [2.24, 2.45) is 0 Å². The summed E-state index contributed by atoms with van der Waals surface area (Å²) in [4.78, 5) is 12.9. The summed E-state index contributed by atoms with van der Waals surface area (Å²) in [7, 11) is 0. The van der Waals surface area contributed by atoms with Crippen molar-refractivity contribution in [3.8, 4) is 0 Å². The molecule has 0 saturated carbocycles. The van der Waals surface area contributed by atoms with Crippen molar-refractivity contribution in [1.29, 1.82) is 0 Å². The highest BCUT2D eigenvalue weighted by Crippen LogP contribution is 2.23. The van der Waals surface area contributed by atoms with Crippen LogP contribution in [0.5, 0.6) is 0 Å². The lowest BCUT2D eigenvalue weighted by Crippen LogP contribution is -2.11. The van der Waals surface area contributed by atoms with E-state index in [1.807, 2.05) is 17.6 Å². The van der Waals surface area contributed by atoms with Crippen LogP contribution in [0.1, 0.15) is 43.4 Å². The summed E-state index contributed by atoms with van der Waals surface area (Å²) in [5.41, 5.74) is 1.09. The Hall–Kier alpha value is -1.49. The van der Waals surface area contributed by atoms with Crippen LogP contribution in [0.25, 0.3) is 0 Å². The molecule has 0 aromatic carbocycles. The number of thiazole rings is 1. The van der Waals surface area contributed by atoms with Gasteiger partial charge in [0.25, 0.3) is 0 Å². The number of hydrogen-bond donors (Lipinski definition) is 1. The van der Waals surface area contributed by atoms with Crippen LogP contribution in [0.2, 0.25) is 0 Å². The van der Waals surface area contributed by atoms with Crippen LogP contribution >= 0.6 is 11.3 Å². The first-order valence-electron chi connectivity index (χ1n) is 6.30. The summed E-state index contributed by atoms with van der Waals surface area (Å²) in [6.07, 6.45) is 6.54. The van der Waals surface area contributed by atoms with Crippen LogP contribution in [0.4, 0.5) is 5.82 Å². The van der Waals surface area contributed by atoms with Crippen molar-refractivity contribution in [2.75, 3.05) is 5.32 Å². The van der Waals surface area contributed by atoms with E-state index in [-0.39, 0.29) is 6.04 Å². The smallest absolute Gasteiger partial charge is 0.130 e. The monoisotopic (exact) mass is 262 g/mol. The van der Waals surface area contributed by atoms with Gasteiger partial charge >= 0.3 is 0 Å². The highest BCUT2D eigenvalue weighted by Gasteiger charge is 2.12. The molecule has 0 radical (unpaired) electrons. The third-order valence-electron chi connectivity index (χ3n) is 2.71. The Kier molecular flexibility index (Phi) is 4.64. The second-order valence-corrected chi connectivity index (χ2v) is 5.05. The molecule has 0 spiro atoms. The summed E-state index contributed by atoms with van der Waals surface area (Å²) >= 11 is 1.67. The largest absolute Gasteiger partial charge is 0.361 e. The molecule has 0 amide bonds. The summed E-state index contributed by atoms with van der Waals surface area (Å²) in [5, 5.41) is 6.53. The summed E-state index contributed by atoms with van der Waals surface area (Å²) in [6.45, 7) is 4.30. The summed E-state index contributed by atoms with van der Waals surface area (Å²) in [5.74, 6) is 0.885. The number of aromatic nitrogens is 3. The van der Waals surface area contributed by atoms with Crippen molar-refractivity contribution >= 4 is 17.2 Å². The molecular formula is C13H18N4S. The van der Waals surface area contributed by atoms with E-state index in [1.54, 1.807) is 17.7 Å². The normalized spacial score (nSPS) is 12.3. The minimum atomic E-state index is 0.231. The quantitative estimate of drug-likeness (QED) is 0.866. The predicted octanol–water partition coefficient (Wildman–Crippen LogP) is 3.45. The lowest BCUT2D eigenvalue weighted by Gasteiger charge is -2.15. The summed E-state index contributed by atoms with van der Waals surface area (Å²) in [6, 6.07) is 2.26. The molecule has 0 aliphatic carbocycles. The van der Waals surface area contributed by atoms with Gasteiger partial charge in [-0.25, -0.2) is 15.0 Å². The van der Waals surface area contributed by atoms with E-state index in [1.165, 1.54) is 0 Å². The van der Waals surface area contributed by atoms with Gasteiger partial charge < -0.3 is 5.32 Å². The first-order valence-corrected chi connectivity index (χ1v) is 7.18. The molecule has 0 saturated heterocycles. The van der Waals surface area contributed by atoms with E-state index in [0.717, 1.165) is 35.8 Å². The maximum Gasteiger partial charge on any atom is 0.130 e. The van der Waals surface area contributed by atoms with E-state index in [4.69, 9.17) is 0 Å². The molecule has 0 aliphatic rings. The van der Waals surface area contributed by atoms with Gasteiger partial charge in [0.2, 0.25) is 0 Å². The molecule has 0 fully saturated rings. The zero-order valence-corrected chi connectivity index (χ0v) is 11.6. The zero-order valence-electron chi connectivity index (χ0n) is 10.8. The van der Waals surface area contributed by atoms with Gasteiger partial charge in [0.1, 0.15) is 17.2 Å². The van der Waals surface area contributed by atoms with Gasteiger partial charge in [-0.3, -0.25) is 0 Å². The van der Waals surface area contributed by atoms with Crippen LogP contribution in [-0.4, -0.2) is 15.0 Å². The number of nitrogens with one attached hydrogen (secondary N) is 1. The number of aryl methyl sites for hydroxylation is 1. The van der Waals surface area contributed by atoms with Crippen LogP contribution in [0.15, 0.2) is 24.0 Å². The maximum absolute atomic E-state index is 4.35. The third kappa shape index (κ3) is 3.26. The van der Waals surface area contributed by atoms with Gasteiger partial charge in [-0.2, -0.15) is 0 Å². The van der Waals surface area contributed by atoms with Crippen LogP contribution < -0.4 is 5.32 Å². The van der Waals surface area contributed by atoms with E-state index >= 15 is 0 Å². The Labute approximate surface area is 112 Å². The minimum absolute atomic E-state index is 0.231. The van der Waals surface area contributed by atoms with Crippen molar-refractivity contribution in [3.63, 3.8) is 0 Å².